The second-order valence-electron chi connectivity index (χ2n) is 27.0. The molecule has 8 aromatic carbocycles. The van der Waals surface area contributed by atoms with E-state index in [0.29, 0.717) is 66.8 Å². The molecule has 3 radical (unpaired) electrons. The van der Waals surface area contributed by atoms with Gasteiger partial charge in [0, 0.05) is 203 Å². The van der Waals surface area contributed by atoms with Crippen molar-refractivity contribution < 1.29 is 80.1 Å². The fourth-order valence-corrected chi connectivity index (χ4v) is 11.5. The molecule has 0 saturated heterocycles. The van der Waals surface area contributed by atoms with Crippen molar-refractivity contribution in [3.05, 3.63) is 291 Å². The van der Waals surface area contributed by atoms with Crippen molar-refractivity contribution in [2.45, 2.75) is 94.9 Å². The molecular weight excluding hydrogens is 1860 g/mol. The van der Waals surface area contributed by atoms with Gasteiger partial charge in [-0.2, -0.15) is 0 Å². The Morgan fingerprint density at radius 2 is 0.785 bits per heavy atom. The molecule has 14 nitrogen and oxygen atoms in total. The van der Waals surface area contributed by atoms with Crippen LogP contribution in [0.2, 0.25) is 0 Å². The van der Waals surface area contributed by atoms with Crippen LogP contribution in [0.15, 0.2) is 255 Å². The summed E-state index contributed by atoms with van der Waals surface area (Å²) in [5.41, 5.74) is 10.0. The SMILES string of the molecule is CC(C)CC(=O)C=C(O)CC(C)C.CC(C)CC(=O)C=C(O)CC(C)C.Cc1[c-]c(-c2cc3ccccc3cn2)cc(C)c1.[Ir].[Ir].[Ir].[c-]1ccccc1-c1ncc2c(ccc3cnccc32)n1.[c-]1ccccc1-c1ncc2ccc3cnccc3c2n1.[c-]1ccccc1-c1ncc2ccc3cnccc3c2n1. The normalized spacial score (nSPS) is 11.0. The number of aryl methyl sites for hydroxylation is 2. The molecule has 7 heterocycles. The second-order valence-corrected chi connectivity index (χ2v) is 27.0. The van der Waals surface area contributed by atoms with E-state index in [1.807, 2.05) is 232 Å². The van der Waals surface area contributed by atoms with Crippen LogP contribution >= 0.6 is 0 Å². The summed E-state index contributed by atoms with van der Waals surface area (Å²) in [5.74, 6) is 4.05. The van der Waals surface area contributed by atoms with E-state index in [1.54, 1.807) is 18.6 Å². The Kier molecular flexibility index (Phi) is 32.7. The first-order valence-corrected chi connectivity index (χ1v) is 34.9. The van der Waals surface area contributed by atoms with Gasteiger partial charge in [0.25, 0.3) is 0 Å². The molecule has 2 N–H and O–H groups in total. The van der Waals surface area contributed by atoms with Crippen molar-refractivity contribution in [3.8, 4) is 45.4 Å². The quantitative estimate of drug-likeness (QED) is 0.0450. The number of benzene rings is 8. The van der Waals surface area contributed by atoms with E-state index in [9.17, 15) is 19.8 Å². The van der Waals surface area contributed by atoms with E-state index < -0.39 is 0 Å². The first kappa shape index (κ1) is 84.1. The van der Waals surface area contributed by atoms with Gasteiger partial charge >= 0.3 is 0 Å². The van der Waals surface area contributed by atoms with E-state index in [1.165, 1.54) is 28.5 Å². The molecule has 0 bridgehead atoms. The van der Waals surface area contributed by atoms with Gasteiger partial charge in [-0.15, -0.1) is 143 Å². The van der Waals surface area contributed by atoms with Gasteiger partial charge in [0.05, 0.1) is 45.5 Å². The van der Waals surface area contributed by atoms with Gasteiger partial charge in [0.2, 0.25) is 0 Å². The van der Waals surface area contributed by atoms with Crippen LogP contribution < -0.4 is 0 Å². The first-order valence-electron chi connectivity index (χ1n) is 34.9. The molecule has 0 saturated carbocycles. The van der Waals surface area contributed by atoms with Crippen molar-refractivity contribution in [1.82, 2.24) is 49.8 Å². The summed E-state index contributed by atoms with van der Waals surface area (Å²) in [4.78, 5) is 66.7. The number of pyridine rings is 4. The van der Waals surface area contributed by atoms with Crippen molar-refractivity contribution in [1.29, 1.82) is 0 Å². The van der Waals surface area contributed by atoms with E-state index in [4.69, 9.17) is 9.97 Å². The van der Waals surface area contributed by atoms with Crippen LogP contribution in [0.4, 0.5) is 0 Å². The topological polar surface area (TPSA) is 203 Å². The molecule has 0 fully saturated rings. The molecule has 0 amide bonds. The van der Waals surface area contributed by atoms with Crippen LogP contribution in [0.3, 0.4) is 0 Å². The van der Waals surface area contributed by atoms with Crippen molar-refractivity contribution >= 4 is 87.4 Å². The van der Waals surface area contributed by atoms with Crippen LogP contribution in [0.25, 0.3) is 121 Å². The van der Waals surface area contributed by atoms with Gasteiger partial charge in [-0.05, 0) is 69.8 Å². The summed E-state index contributed by atoms with van der Waals surface area (Å²) in [6, 6.07) is 68.9. The number of aliphatic hydroxyl groups excluding tert-OH is 2. The minimum Gasteiger partial charge on any atom is -0.512 e. The Balaban J connectivity index is 0.000000180. The number of nitrogens with zero attached hydrogens (tertiary/aromatic N) is 10. The van der Waals surface area contributed by atoms with E-state index in [-0.39, 0.29) is 83.4 Å². The third-order valence-electron chi connectivity index (χ3n) is 16.1. The molecule has 0 atom stereocenters. The standard InChI is InChI=1S/3C17H10N3.C17H14N.2C11H20O2.3Ir/c1-2-4-12(5-3-1)17-19-11-15-14-8-9-18-10-13(14)6-7-16(15)20-17;2*1-2-4-12(5-3-1)17-19-11-14-7-6-13-10-18-9-8-15(13)16(14)20-17;1-12-7-13(2)9-16(8-12)17-10-14-5-3-4-6-15(14)11-18-17;2*1-8(2)5-10(12)7-11(13)6-9(3)4;;;/h3*1-4,6-11H;3-8,10-11H,1-2H3;2*7-9,12H,5-6H2,1-4H3;;;/q4*-1;;;;;. The summed E-state index contributed by atoms with van der Waals surface area (Å²) in [6.07, 6.45) is 23.4. The third-order valence-corrected chi connectivity index (χ3v) is 16.1. The average molecular weight is 1950 g/mol. The molecule has 107 heavy (non-hydrogen) atoms. The maximum absolute atomic E-state index is 11.2. The number of aliphatic hydroxyl groups is 2. The minimum absolute atomic E-state index is 0. The molecule has 7 aromatic heterocycles. The van der Waals surface area contributed by atoms with Gasteiger partial charge in [-0.3, -0.25) is 54.4 Å². The molecule has 15 rings (SSSR count). The number of aromatic nitrogens is 10. The fourth-order valence-electron chi connectivity index (χ4n) is 11.5. The van der Waals surface area contributed by atoms with E-state index in [0.717, 1.165) is 98.5 Å². The number of allylic oxidation sites excluding steroid dienone is 4. The first-order chi connectivity index (χ1) is 50.3. The smallest absolute Gasteiger partial charge is 0.159 e. The summed E-state index contributed by atoms with van der Waals surface area (Å²) in [5, 5.41) is 30.8. The molecule has 0 unspecified atom stereocenters. The zero-order valence-corrected chi connectivity index (χ0v) is 68.6. The predicted octanol–water partition coefficient (Wildman–Crippen LogP) is 21.4. The number of carbonyl (C=O) groups excluding carboxylic acids is 2. The molecule has 17 heteroatoms. The number of ketones is 2. The van der Waals surface area contributed by atoms with Crippen molar-refractivity contribution in [3.63, 3.8) is 0 Å². The molecule has 0 spiro atoms. The summed E-state index contributed by atoms with van der Waals surface area (Å²) in [6.45, 7) is 20.2. The van der Waals surface area contributed by atoms with Crippen LogP contribution in [0.1, 0.15) is 92.2 Å². The zero-order valence-electron chi connectivity index (χ0n) is 61.4. The molecular formula is C90H84Ir3N10O4-4. The molecule has 0 aliphatic heterocycles. The summed E-state index contributed by atoms with van der Waals surface area (Å²) >= 11 is 0. The van der Waals surface area contributed by atoms with E-state index >= 15 is 0 Å². The number of carbonyl (C=O) groups is 2. The third kappa shape index (κ3) is 24.7. The Labute approximate surface area is 667 Å². The van der Waals surface area contributed by atoms with Gasteiger partial charge in [0.1, 0.15) is 0 Å². The number of fused-ring (bicyclic) bond motifs is 10. The molecule has 549 valence electrons. The van der Waals surface area contributed by atoms with Crippen LogP contribution in [0.5, 0.6) is 0 Å². The van der Waals surface area contributed by atoms with Crippen molar-refractivity contribution in [2.24, 2.45) is 23.7 Å². The maximum atomic E-state index is 11.2. The van der Waals surface area contributed by atoms with Crippen LogP contribution in [-0.4, -0.2) is 71.6 Å². The molecule has 0 aliphatic carbocycles. The monoisotopic (exact) mass is 1950 g/mol. The van der Waals surface area contributed by atoms with Crippen LogP contribution in [0, 0.1) is 61.8 Å². The number of rotatable bonds is 14. The van der Waals surface area contributed by atoms with Crippen LogP contribution in [-0.2, 0) is 69.9 Å². The van der Waals surface area contributed by atoms with Gasteiger partial charge in [-0.25, -0.2) is 0 Å². The largest absolute Gasteiger partial charge is 0.512 e. The Morgan fingerprint density at radius 3 is 1.23 bits per heavy atom. The maximum Gasteiger partial charge on any atom is 0.159 e. The number of hydrogen-bond acceptors (Lipinski definition) is 14. The van der Waals surface area contributed by atoms with Gasteiger partial charge < -0.3 is 15.2 Å². The average Bonchev–Trinajstić information content (AvgIpc) is 0.795. The van der Waals surface area contributed by atoms with E-state index in [2.05, 4.69) is 114 Å². The fraction of sp³-hybridized carbons (Fsp3) is 0.200. The Bertz CT molecular complexity index is 5260. The van der Waals surface area contributed by atoms with Crippen molar-refractivity contribution in [2.75, 3.05) is 0 Å². The minimum atomic E-state index is 0. The Hall–Kier alpha value is -10.2. The van der Waals surface area contributed by atoms with Gasteiger partial charge in [0.15, 0.2) is 11.6 Å². The Morgan fingerprint density at radius 1 is 0.383 bits per heavy atom. The zero-order chi connectivity index (χ0) is 73.5. The predicted molar refractivity (Wildman–Crippen MR) is 422 cm³/mol. The number of hydrogen-bond donors (Lipinski definition) is 2. The summed E-state index contributed by atoms with van der Waals surface area (Å²) < 4.78 is 0. The molecule has 15 aromatic rings. The summed E-state index contributed by atoms with van der Waals surface area (Å²) in [7, 11) is 0. The van der Waals surface area contributed by atoms with Gasteiger partial charge in [-0.1, -0.05) is 130 Å². The second kappa shape index (κ2) is 41.6. The molecule has 0 aliphatic rings.